The third-order valence-corrected chi connectivity index (χ3v) is 12.7. The highest BCUT2D eigenvalue weighted by molar-refractivity contribution is 7.26. The Labute approximate surface area is 302 Å². The number of para-hydroxylation sites is 1. The smallest absolute Gasteiger partial charge is 0.135 e. The van der Waals surface area contributed by atoms with Crippen LogP contribution in [0, 0.1) is 0 Å². The van der Waals surface area contributed by atoms with Crippen LogP contribution < -0.4 is 16.0 Å². The lowest BCUT2D eigenvalue weighted by molar-refractivity contribution is 0.203. The zero-order valence-corrected chi connectivity index (χ0v) is 29.0. The molecule has 0 aliphatic carbocycles. The third kappa shape index (κ3) is 4.83. The molecular formula is C45H31N3OS2. The summed E-state index contributed by atoms with van der Waals surface area (Å²) >= 11 is 3.77. The first-order chi connectivity index (χ1) is 25.2. The molecule has 0 amide bonds. The lowest BCUT2D eigenvalue weighted by Gasteiger charge is -2.39. The molecule has 1 saturated heterocycles. The molecule has 1 aliphatic rings. The molecule has 7 aromatic carbocycles. The molecule has 0 radical (unpaired) electrons. The lowest BCUT2D eigenvalue weighted by atomic mass is 10.0. The van der Waals surface area contributed by atoms with E-state index in [0.29, 0.717) is 0 Å². The van der Waals surface area contributed by atoms with Crippen LogP contribution in [-0.4, -0.2) is 0 Å². The van der Waals surface area contributed by atoms with Crippen molar-refractivity contribution in [2.45, 2.75) is 18.5 Å². The number of benzene rings is 7. The first kappa shape index (κ1) is 29.4. The zero-order chi connectivity index (χ0) is 33.5. The molecule has 4 heterocycles. The molecule has 3 unspecified atom stereocenters. The fourth-order valence-electron chi connectivity index (χ4n) is 7.91. The minimum atomic E-state index is -0.0863. The Balaban J connectivity index is 0.975. The quantitative estimate of drug-likeness (QED) is 0.172. The van der Waals surface area contributed by atoms with Gasteiger partial charge in [0.1, 0.15) is 11.2 Å². The Morgan fingerprint density at radius 2 is 1.02 bits per heavy atom. The topological polar surface area (TPSA) is 49.2 Å². The van der Waals surface area contributed by atoms with Crippen LogP contribution in [0.3, 0.4) is 0 Å². The van der Waals surface area contributed by atoms with Crippen LogP contribution in [0.1, 0.15) is 35.2 Å². The van der Waals surface area contributed by atoms with E-state index in [9.17, 15) is 0 Å². The fraction of sp³-hybridized carbons (Fsp3) is 0.0667. The number of thiophene rings is 2. The predicted molar refractivity (Wildman–Crippen MR) is 215 cm³/mol. The average molecular weight is 694 g/mol. The summed E-state index contributed by atoms with van der Waals surface area (Å²) in [7, 11) is 0. The summed E-state index contributed by atoms with van der Waals surface area (Å²) in [4.78, 5) is 0. The number of furan rings is 1. The maximum atomic E-state index is 6.15. The van der Waals surface area contributed by atoms with Crippen molar-refractivity contribution in [3.63, 3.8) is 0 Å². The maximum Gasteiger partial charge on any atom is 0.135 e. The van der Waals surface area contributed by atoms with Crippen molar-refractivity contribution in [3.8, 4) is 11.1 Å². The summed E-state index contributed by atoms with van der Waals surface area (Å²) in [5.41, 5.74) is 7.98. The summed E-state index contributed by atoms with van der Waals surface area (Å²) in [6, 6.07) is 54.9. The van der Waals surface area contributed by atoms with E-state index in [0.717, 1.165) is 21.9 Å². The first-order valence-electron chi connectivity index (χ1n) is 17.3. The summed E-state index contributed by atoms with van der Waals surface area (Å²) in [6.45, 7) is 0. The molecule has 10 aromatic rings. The number of hydrogen-bond donors (Lipinski definition) is 3. The van der Waals surface area contributed by atoms with Gasteiger partial charge >= 0.3 is 0 Å². The van der Waals surface area contributed by atoms with E-state index in [1.807, 2.05) is 34.8 Å². The van der Waals surface area contributed by atoms with Gasteiger partial charge in [0.05, 0.1) is 18.5 Å². The molecule has 244 valence electrons. The number of rotatable bonds is 4. The molecule has 3 N–H and O–H groups in total. The van der Waals surface area contributed by atoms with Gasteiger partial charge in [-0.2, -0.15) is 0 Å². The summed E-state index contributed by atoms with van der Waals surface area (Å²) in [6.07, 6.45) is -0.206. The highest BCUT2D eigenvalue weighted by atomic mass is 32.1. The molecule has 1 aliphatic heterocycles. The van der Waals surface area contributed by atoms with Crippen molar-refractivity contribution in [2.75, 3.05) is 0 Å². The molecule has 3 aromatic heterocycles. The molecule has 4 nitrogen and oxygen atoms in total. The van der Waals surface area contributed by atoms with Gasteiger partial charge in [0.2, 0.25) is 0 Å². The van der Waals surface area contributed by atoms with Gasteiger partial charge < -0.3 is 4.42 Å². The average Bonchev–Trinajstić information content (AvgIpc) is 3.88. The van der Waals surface area contributed by atoms with E-state index in [1.165, 1.54) is 68.2 Å². The molecular weight excluding hydrogens is 663 g/mol. The number of hydrogen-bond acceptors (Lipinski definition) is 6. The van der Waals surface area contributed by atoms with Gasteiger partial charge in [-0.25, -0.2) is 0 Å². The third-order valence-electron chi connectivity index (χ3n) is 10.4. The van der Waals surface area contributed by atoms with Crippen molar-refractivity contribution in [1.29, 1.82) is 0 Å². The summed E-state index contributed by atoms with van der Waals surface area (Å²) in [5.74, 6) is 0. The second-order valence-electron chi connectivity index (χ2n) is 13.4. The van der Waals surface area contributed by atoms with E-state index < -0.39 is 0 Å². The zero-order valence-electron chi connectivity index (χ0n) is 27.4. The van der Waals surface area contributed by atoms with Crippen LogP contribution >= 0.6 is 22.7 Å². The SMILES string of the molecule is c1ccc(C2NC(c3ccc4c(c3)sc3cc(-c5cccc6c5sc5ccccc56)ccc34)NC(c3ccc4oc5ccccc5c4c3)N2)cc1. The van der Waals surface area contributed by atoms with Crippen molar-refractivity contribution < 1.29 is 4.42 Å². The van der Waals surface area contributed by atoms with Gasteiger partial charge in [-0.05, 0) is 64.2 Å². The summed E-state index contributed by atoms with van der Waals surface area (Å²) in [5, 5.41) is 19.2. The Hall–Kier alpha value is -5.34. The van der Waals surface area contributed by atoms with Crippen molar-refractivity contribution in [1.82, 2.24) is 16.0 Å². The van der Waals surface area contributed by atoms with Gasteiger partial charge in [-0.3, -0.25) is 16.0 Å². The second kappa shape index (κ2) is 11.6. The lowest BCUT2D eigenvalue weighted by Crippen LogP contribution is -2.54. The van der Waals surface area contributed by atoms with Crippen LogP contribution in [0.4, 0.5) is 0 Å². The standard InChI is InChI=1S/C45H31N3OS2/c1-2-9-26(10-3-1)43-46-44(28-19-22-38-36(23-28)31-11-4-6-15-37(31)49-38)48-45(47-43)29-18-21-34-33-20-17-27(24-40(33)50-41(34)25-29)30-13-8-14-35-32-12-5-7-16-39(32)51-42(30)35/h1-25,43-48H. The van der Waals surface area contributed by atoms with Crippen molar-refractivity contribution in [3.05, 3.63) is 168 Å². The van der Waals surface area contributed by atoms with Crippen molar-refractivity contribution in [2.24, 2.45) is 0 Å². The van der Waals surface area contributed by atoms with E-state index in [-0.39, 0.29) is 18.5 Å². The monoisotopic (exact) mass is 693 g/mol. The van der Waals surface area contributed by atoms with Crippen LogP contribution in [0.2, 0.25) is 0 Å². The molecule has 0 bridgehead atoms. The molecule has 6 heteroatoms. The van der Waals surface area contributed by atoms with E-state index in [1.54, 1.807) is 0 Å². The molecule has 0 saturated carbocycles. The van der Waals surface area contributed by atoms with E-state index >= 15 is 0 Å². The van der Waals surface area contributed by atoms with E-state index in [4.69, 9.17) is 4.42 Å². The second-order valence-corrected chi connectivity index (χ2v) is 15.5. The maximum absolute atomic E-state index is 6.15. The van der Waals surface area contributed by atoms with Crippen LogP contribution in [0.15, 0.2) is 156 Å². The Morgan fingerprint density at radius 1 is 0.392 bits per heavy atom. The minimum Gasteiger partial charge on any atom is -0.456 e. The Morgan fingerprint density at radius 3 is 1.88 bits per heavy atom. The van der Waals surface area contributed by atoms with Gasteiger partial charge in [0.25, 0.3) is 0 Å². The van der Waals surface area contributed by atoms with E-state index in [2.05, 4.69) is 155 Å². The van der Waals surface area contributed by atoms with Crippen LogP contribution in [-0.2, 0) is 0 Å². The Bertz CT molecular complexity index is 2940. The molecule has 51 heavy (non-hydrogen) atoms. The highest BCUT2D eigenvalue weighted by Gasteiger charge is 2.30. The van der Waals surface area contributed by atoms with Gasteiger partial charge in [0.15, 0.2) is 0 Å². The highest BCUT2D eigenvalue weighted by Crippen LogP contribution is 2.43. The number of fused-ring (bicyclic) bond motifs is 9. The number of nitrogens with one attached hydrogen (secondary N) is 3. The van der Waals surface area contributed by atoms with Crippen LogP contribution in [0.5, 0.6) is 0 Å². The van der Waals surface area contributed by atoms with Gasteiger partial charge in [-0.15, -0.1) is 22.7 Å². The molecule has 1 fully saturated rings. The molecule has 3 atom stereocenters. The predicted octanol–water partition coefficient (Wildman–Crippen LogP) is 12.2. The summed E-state index contributed by atoms with van der Waals surface area (Å²) < 4.78 is 11.4. The largest absolute Gasteiger partial charge is 0.456 e. The first-order valence-corrected chi connectivity index (χ1v) is 19.0. The minimum absolute atomic E-state index is 0.0449. The van der Waals surface area contributed by atoms with Gasteiger partial charge in [-0.1, -0.05) is 115 Å². The fourth-order valence-corrected chi connectivity index (χ4v) is 10.3. The van der Waals surface area contributed by atoms with Crippen molar-refractivity contribution >= 4 is 85.0 Å². The van der Waals surface area contributed by atoms with Gasteiger partial charge in [0, 0.05) is 51.1 Å². The molecule has 11 rings (SSSR count). The molecule has 0 spiro atoms. The Kier molecular flexibility index (Phi) is 6.69. The van der Waals surface area contributed by atoms with Crippen LogP contribution in [0.25, 0.3) is 73.4 Å². The normalized spacial score (nSPS) is 18.2.